The van der Waals surface area contributed by atoms with E-state index >= 15 is 0 Å². The van der Waals surface area contributed by atoms with Crippen LogP contribution in [0.25, 0.3) is 0 Å². The molecule has 0 fully saturated rings. The SMILES string of the molecule is Fc1ccc(Br)cc1CNCCI. The van der Waals surface area contributed by atoms with Crippen molar-refractivity contribution >= 4 is 38.5 Å². The molecule has 0 heterocycles. The van der Waals surface area contributed by atoms with Crippen molar-refractivity contribution in [2.45, 2.75) is 6.54 Å². The zero-order chi connectivity index (χ0) is 9.68. The fraction of sp³-hybridized carbons (Fsp3) is 0.333. The van der Waals surface area contributed by atoms with Gasteiger partial charge in [-0.05, 0) is 18.2 Å². The van der Waals surface area contributed by atoms with Gasteiger partial charge in [0.2, 0.25) is 0 Å². The van der Waals surface area contributed by atoms with Crippen LogP contribution in [0.5, 0.6) is 0 Å². The quantitative estimate of drug-likeness (QED) is 0.496. The molecule has 13 heavy (non-hydrogen) atoms. The summed E-state index contributed by atoms with van der Waals surface area (Å²) in [4.78, 5) is 0. The molecule has 0 amide bonds. The first-order valence-corrected chi connectivity index (χ1v) is 6.26. The zero-order valence-electron chi connectivity index (χ0n) is 6.99. The molecule has 4 heteroatoms. The highest BCUT2D eigenvalue weighted by Gasteiger charge is 2.01. The summed E-state index contributed by atoms with van der Waals surface area (Å²) in [5.74, 6) is -0.149. The van der Waals surface area contributed by atoms with Crippen molar-refractivity contribution in [2.75, 3.05) is 11.0 Å². The molecule has 0 aliphatic heterocycles. The number of nitrogens with one attached hydrogen (secondary N) is 1. The van der Waals surface area contributed by atoms with E-state index in [1.54, 1.807) is 12.1 Å². The highest BCUT2D eigenvalue weighted by Crippen LogP contribution is 2.15. The van der Waals surface area contributed by atoms with Crippen molar-refractivity contribution in [3.05, 3.63) is 34.1 Å². The average Bonchev–Trinajstić information content (AvgIpc) is 2.11. The van der Waals surface area contributed by atoms with Crippen LogP contribution >= 0.6 is 38.5 Å². The Labute approximate surface area is 99.4 Å². The van der Waals surface area contributed by atoms with Gasteiger partial charge in [0.1, 0.15) is 5.82 Å². The van der Waals surface area contributed by atoms with Gasteiger partial charge in [0.05, 0.1) is 0 Å². The molecule has 1 N–H and O–H groups in total. The predicted octanol–water partition coefficient (Wildman–Crippen LogP) is 3.11. The molecule has 0 spiro atoms. The van der Waals surface area contributed by atoms with Gasteiger partial charge in [-0.15, -0.1) is 0 Å². The van der Waals surface area contributed by atoms with Crippen LogP contribution < -0.4 is 5.32 Å². The molecule has 0 bridgehead atoms. The first-order valence-electron chi connectivity index (χ1n) is 3.94. The fourth-order valence-electron chi connectivity index (χ4n) is 0.969. The first kappa shape index (κ1) is 11.4. The lowest BCUT2D eigenvalue weighted by Gasteiger charge is -2.04. The Morgan fingerprint density at radius 1 is 1.46 bits per heavy atom. The topological polar surface area (TPSA) is 12.0 Å². The second kappa shape index (κ2) is 5.93. The number of hydrogen-bond acceptors (Lipinski definition) is 1. The summed E-state index contributed by atoms with van der Waals surface area (Å²) in [7, 11) is 0. The van der Waals surface area contributed by atoms with Gasteiger partial charge in [-0.25, -0.2) is 4.39 Å². The average molecular weight is 358 g/mol. The molecule has 0 saturated heterocycles. The van der Waals surface area contributed by atoms with Crippen molar-refractivity contribution in [3.8, 4) is 0 Å². The Morgan fingerprint density at radius 2 is 2.23 bits per heavy atom. The van der Waals surface area contributed by atoms with Crippen LogP contribution in [-0.2, 0) is 6.54 Å². The Balaban J connectivity index is 2.59. The van der Waals surface area contributed by atoms with Crippen LogP contribution in [0.1, 0.15) is 5.56 Å². The summed E-state index contributed by atoms with van der Waals surface area (Å²) in [6.07, 6.45) is 0. The van der Waals surface area contributed by atoms with Crippen LogP contribution in [0.15, 0.2) is 22.7 Å². The Kier molecular flexibility index (Phi) is 5.20. The number of hydrogen-bond donors (Lipinski definition) is 1. The number of alkyl halides is 1. The summed E-state index contributed by atoms with van der Waals surface area (Å²) in [5, 5.41) is 3.15. The normalized spacial score (nSPS) is 10.4. The van der Waals surface area contributed by atoms with E-state index in [0.29, 0.717) is 12.1 Å². The third kappa shape index (κ3) is 3.91. The molecule has 0 saturated carbocycles. The van der Waals surface area contributed by atoms with E-state index in [0.717, 1.165) is 15.4 Å². The summed E-state index contributed by atoms with van der Waals surface area (Å²) in [5.41, 5.74) is 0.708. The standard InChI is InChI=1S/C9H10BrFIN/c10-8-1-2-9(11)7(5-8)6-13-4-3-12/h1-2,5,13H,3-4,6H2. The van der Waals surface area contributed by atoms with Gasteiger partial charge in [0.15, 0.2) is 0 Å². The molecule has 1 aromatic carbocycles. The van der Waals surface area contributed by atoms with Crippen molar-refractivity contribution < 1.29 is 4.39 Å². The molecule has 1 aromatic rings. The Bertz CT molecular complexity index is 280. The van der Waals surface area contributed by atoms with Crippen LogP contribution in [0.3, 0.4) is 0 Å². The van der Waals surface area contributed by atoms with Gasteiger partial charge in [0, 0.05) is 27.6 Å². The smallest absolute Gasteiger partial charge is 0.127 e. The Hall–Kier alpha value is 0.320. The van der Waals surface area contributed by atoms with Crippen molar-refractivity contribution in [1.82, 2.24) is 5.32 Å². The second-order valence-electron chi connectivity index (χ2n) is 2.60. The van der Waals surface area contributed by atoms with Gasteiger partial charge in [0.25, 0.3) is 0 Å². The van der Waals surface area contributed by atoms with Crippen LogP contribution in [0, 0.1) is 5.82 Å². The van der Waals surface area contributed by atoms with E-state index in [2.05, 4.69) is 43.8 Å². The van der Waals surface area contributed by atoms with Gasteiger partial charge in [-0.2, -0.15) is 0 Å². The largest absolute Gasteiger partial charge is 0.312 e. The maximum Gasteiger partial charge on any atom is 0.127 e. The molecule has 72 valence electrons. The minimum atomic E-state index is -0.149. The maximum absolute atomic E-state index is 13.1. The summed E-state index contributed by atoms with van der Waals surface area (Å²) in [6, 6.07) is 4.98. The summed E-state index contributed by atoms with van der Waals surface area (Å²) < 4.78 is 15.1. The lowest BCUT2D eigenvalue weighted by molar-refractivity contribution is 0.594. The third-order valence-electron chi connectivity index (χ3n) is 1.59. The molecule has 1 rings (SSSR count). The first-order chi connectivity index (χ1) is 6.24. The third-order valence-corrected chi connectivity index (χ3v) is 2.63. The highest BCUT2D eigenvalue weighted by molar-refractivity contribution is 14.1. The van der Waals surface area contributed by atoms with E-state index in [1.165, 1.54) is 6.07 Å². The van der Waals surface area contributed by atoms with E-state index in [-0.39, 0.29) is 5.82 Å². The van der Waals surface area contributed by atoms with Crippen LogP contribution in [-0.4, -0.2) is 11.0 Å². The molecular formula is C9H10BrFIN. The monoisotopic (exact) mass is 357 g/mol. The highest BCUT2D eigenvalue weighted by atomic mass is 127. The van der Waals surface area contributed by atoms with Gasteiger partial charge < -0.3 is 5.32 Å². The second-order valence-corrected chi connectivity index (χ2v) is 4.60. The fourth-order valence-corrected chi connectivity index (χ4v) is 1.76. The van der Waals surface area contributed by atoms with Crippen LogP contribution in [0.4, 0.5) is 4.39 Å². The lowest BCUT2D eigenvalue weighted by Crippen LogP contribution is -2.16. The minimum absolute atomic E-state index is 0.149. The van der Waals surface area contributed by atoms with Gasteiger partial charge in [-0.1, -0.05) is 38.5 Å². The summed E-state index contributed by atoms with van der Waals surface area (Å²) >= 11 is 5.59. The predicted molar refractivity (Wildman–Crippen MR) is 64.7 cm³/mol. The van der Waals surface area contributed by atoms with Crippen molar-refractivity contribution in [2.24, 2.45) is 0 Å². The molecule has 0 atom stereocenters. The molecule has 0 aliphatic rings. The van der Waals surface area contributed by atoms with Crippen molar-refractivity contribution in [1.29, 1.82) is 0 Å². The molecule has 0 radical (unpaired) electrons. The number of benzene rings is 1. The number of halogens is 3. The molecule has 0 unspecified atom stereocenters. The Morgan fingerprint density at radius 3 is 2.92 bits per heavy atom. The maximum atomic E-state index is 13.1. The van der Waals surface area contributed by atoms with E-state index in [4.69, 9.17) is 0 Å². The molecule has 1 nitrogen and oxygen atoms in total. The van der Waals surface area contributed by atoms with Gasteiger partial charge in [-0.3, -0.25) is 0 Å². The van der Waals surface area contributed by atoms with Crippen LogP contribution in [0.2, 0.25) is 0 Å². The molecule has 0 aliphatic carbocycles. The molecule has 0 aromatic heterocycles. The van der Waals surface area contributed by atoms with E-state index in [1.807, 2.05) is 0 Å². The van der Waals surface area contributed by atoms with E-state index in [9.17, 15) is 4.39 Å². The zero-order valence-corrected chi connectivity index (χ0v) is 10.7. The van der Waals surface area contributed by atoms with Crippen molar-refractivity contribution in [3.63, 3.8) is 0 Å². The number of rotatable bonds is 4. The molecular weight excluding hydrogens is 348 g/mol. The lowest BCUT2D eigenvalue weighted by atomic mass is 10.2. The van der Waals surface area contributed by atoms with E-state index < -0.39 is 0 Å². The summed E-state index contributed by atoms with van der Waals surface area (Å²) in [6.45, 7) is 1.50. The minimum Gasteiger partial charge on any atom is -0.312 e. The van der Waals surface area contributed by atoms with Gasteiger partial charge >= 0.3 is 0 Å².